The van der Waals surface area contributed by atoms with E-state index in [1.165, 1.54) is 31.2 Å². The summed E-state index contributed by atoms with van der Waals surface area (Å²) in [5, 5.41) is 22.0. The quantitative estimate of drug-likeness (QED) is 0.857. The van der Waals surface area contributed by atoms with Gasteiger partial charge in [-0.15, -0.1) is 5.10 Å². The molecule has 0 bridgehead atoms. The summed E-state index contributed by atoms with van der Waals surface area (Å²) < 4.78 is 1.99. The van der Waals surface area contributed by atoms with Gasteiger partial charge in [-0.05, 0) is 34.4 Å². The van der Waals surface area contributed by atoms with Crippen LogP contribution < -0.4 is 0 Å². The maximum Gasteiger partial charge on any atom is 0.209 e. The van der Waals surface area contributed by atoms with Crippen molar-refractivity contribution in [3.05, 3.63) is 35.4 Å². The highest BCUT2D eigenvalue weighted by Crippen LogP contribution is 2.32. The van der Waals surface area contributed by atoms with Crippen molar-refractivity contribution in [2.75, 3.05) is 0 Å². The minimum absolute atomic E-state index is 0.0906. The lowest BCUT2D eigenvalue weighted by Crippen LogP contribution is -2.08. The van der Waals surface area contributed by atoms with E-state index in [-0.39, 0.29) is 6.61 Å². The zero-order valence-corrected chi connectivity index (χ0v) is 12.1. The third kappa shape index (κ3) is 3.02. The lowest BCUT2D eigenvalue weighted by Gasteiger charge is -2.10. The number of benzene rings is 1. The number of thioether (sulfide) groups is 1. The molecule has 106 valence electrons. The van der Waals surface area contributed by atoms with E-state index in [0.717, 1.165) is 16.5 Å². The van der Waals surface area contributed by atoms with Crippen LogP contribution in [0.4, 0.5) is 0 Å². The molecule has 0 amide bonds. The first kappa shape index (κ1) is 13.6. The molecule has 2 aromatic rings. The van der Waals surface area contributed by atoms with Crippen LogP contribution in [0.3, 0.4) is 0 Å². The van der Waals surface area contributed by atoms with E-state index in [1.807, 2.05) is 28.9 Å². The Bertz CT molecular complexity index is 549. The van der Waals surface area contributed by atoms with Gasteiger partial charge in [-0.3, -0.25) is 0 Å². The molecule has 1 saturated carbocycles. The van der Waals surface area contributed by atoms with Crippen molar-refractivity contribution < 1.29 is 5.11 Å². The summed E-state index contributed by atoms with van der Waals surface area (Å²) in [7, 11) is 0. The lowest BCUT2D eigenvalue weighted by atomic mass is 10.2. The van der Waals surface area contributed by atoms with Gasteiger partial charge < -0.3 is 5.11 Å². The van der Waals surface area contributed by atoms with E-state index in [4.69, 9.17) is 5.11 Å². The first-order valence-corrected chi connectivity index (χ1v) is 7.95. The Hall–Kier alpha value is -1.40. The number of nitrogens with zero attached hydrogens (tertiary/aromatic N) is 4. The van der Waals surface area contributed by atoms with Crippen molar-refractivity contribution in [2.24, 2.45) is 0 Å². The molecule has 1 aromatic carbocycles. The van der Waals surface area contributed by atoms with Gasteiger partial charge in [0.1, 0.15) is 0 Å². The van der Waals surface area contributed by atoms with Gasteiger partial charge in [0.15, 0.2) is 0 Å². The minimum atomic E-state index is 0.0906. The molecule has 1 fully saturated rings. The van der Waals surface area contributed by atoms with Gasteiger partial charge in [0.2, 0.25) is 5.16 Å². The fraction of sp³-hybridized carbons (Fsp3) is 0.500. The van der Waals surface area contributed by atoms with Gasteiger partial charge in [-0.25, -0.2) is 4.68 Å². The van der Waals surface area contributed by atoms with Crippen LogP contribution in [-0.2, 0) is 12.4 Å². The Balaban J connectivity index is 1.64. The standard InChI is InChI=1S/C14H18N4OS/c19-9-11-5-7-12(8-6-11)10-20-14-15-16-17-18(14)13-3-1-2-4-13/h5-8,13,19H,1-4,9-10H2. The predicted octanol–water partition coefficient (Wildman–Crippen LogP) is 2.57. The first-order valence-electron chi connectivity index (χ1n) is 6.96. The molecule has 1 aliphatic carbocycles. The average Bonchev–Trinajstić information content (AvgIpc) is 3.16. The summed E-state index contributed by atoms with van der Waals surface area (Å²) >= 11 is 1.67. The SMILES string of the molecule is OCc1ccc(CSc2nnnn2C2CCCC2)cc1. The van der Waals surface area contributed by atoms with Crippen LogP contribution >= 0.6 is 11.8 Å². The van der Waals surface area contributed by atoms with Crippen molar-refractivity contribution in [1.82, 2.24) is 20.2 Å². The monoisotopic (exact) mass is 290 g/mol. The Kier molecular flexibility index (Phi) is 4.32. The van der Waals surface area contributed by atoms with Crippen LogP contribution in [0.5, 0.6) is 0 Å². The van der Waals surface area contributed by atoms with Crippen molar-refractivity contribution in [3.63, 3.8) is 0 Å². The highest BCUT2D eigenvalue weighted by Gasteiger charge is 2.21. The molecule has 0 saturated heterocycles. The van der Waals surface area contributed by atoms with Crippen molar-refractivity contribution >= 4 is 11.8 Å². The molecule has 5 nitrogen and oxygen atoms in total. The normalized spacial score (nSPS) is 15.8. The van der Waals surface area contributed by atoms with Crippen molar-refractivity contribution in [1.29, 1.82) is 0 Å². The summed E-state index contributed by atoms with van der Waals surface area (Å²) in [6, 6.07) is 8.47. The molecule has 0 unspecified atom stereocenters. The Morgan fingerprint density at radius 1 is 1.15 bits per heavy atom. The van der Waals surface area contributed by atoms with Crippen LogP contribution in [0, 0.1) is 0 Å². The van der Waals surface area contributed by atoms with Gasteiger partial charge in [-0.1, -0.05) is 48.9 Å². The summed E-state index contributed by atoms with van der Waals surface area (Å²) in [5.74, 6) is 0.846. The largest absolute Gasteiger partial charge is 0.392 e. The molecule has 1 aromatic heterocycles. The lowest BCUT2D eigenvalue weighted by molar-refractivity contribution is 0.282. The van der Waals surface area contributed by atoms with Crippen LogP contribution in [0.1, 0.15) is 42.9 Å². The van der Waals surface area contributed by atoms with Crippen molar-refractivity contribution in [2.45, 2.75) is 49.2 Å². The predicted molar refractivity (Wildman–Crippen MR) is 77.2 cm³/mol. The fourth-order valence-electron chi connectivity index (χ4n) is 2.55. The van der Waals surface area contributed by atoms with E-state index < -0.39 is 0 Å². The van der Waals surface area contributed by atoms with Gasteiger partial charge in [0.05, 0.1) is 12.6 Å². The molecular weight excluding hydrogens is 272 g/mol. The summed E-state index contributed by atoms with van der Waals surface area (Å²) in [4.78, 5) is 0. The number of aliphatic hydroxyl groups is 1. The molecule has 0 aliphatic heterocycles. The zero-order valence-electron chi connectivity index (χ0n) is 11.3. The number of tetrazole rings is 1. The number of hydrogen-bond donors (Lipinski definition) is 1. The Morgan fingerprint density at radius 3 is 2.55 bits per heavy atom. The van der Waals surface area contributed by atoms with Crippen LogP contribution in [0.2, 0.25) is 0 Å². The fourth-order valence-corrected chi connectivity index (χ4v) is 3.45. The number of hydrogen-bond acceptors (Lipinski definition) is 5. The smallest absolute Gasteiger partial charge is 0.209 e. The second kappa shape index (κ2) is 6.37. The number of aromatic nitrogens is 4. The highest BCUT2D eigenvalue weighted by atomic mass is 32.2. The van der Waals surface area contributed by atoms with E-state index in [0.29, 0.717) is 6.04 Å². The molecule has 20 heavy (non-hydrogen) atoms. The maximum absolute atomic E-state index is 9.03. The van der Waals surface area contributed by atoms with Gasteiger partial charge >= 0.3 is 0 Å². The molecule has 0 atom stereocenters. The second-order valence-electron chi connectivity index (χ2n) is 5.11. The summed E-state index contributed by atoms with van der Waals surface area (Å²) in [6.07, 6.45) is 4.92. The molecule has 0 spiro atoms. The second-order valence-corrected chi connectivity index (χ2v) is 6.05. The summed E-state index contributed by atoms with van der Waals surface area (Å²) in [6.45, 7) is 0.0906. The van der Waals surface area contributed by atoms with E-state index >= 15 is 0 Å². The molecule has 0 radical (unpaired) electrons. The third-order valence-electron chi connectivity index (χ3n) is 3.71. The van der Waals surface area contributed by atoms with Gasteiger partial charge in [0.25, 0.3) is 0 Å². The minimum Gasteiger partial charge on any atom is -0.392 e. The summed E-state index contributed by atoms with van der Waals surface area (Å²) in [5.41, 5.74) is 2.16. The maximum atomic E-state index is 9.03. The third-order valence-corrected chi connectivity index (χ3v) is 4.71. The van der Waals surface area contributed by atoms with Crippen LogP contribution in [0.15, 0.2) is 29.4 Å². The molecular formula is C14H18N4OS. The topological polar surface area (TPSA) is 63.8 Å². The molecule has 6 heteroatoms. The highest BCUT2D eigenvalue weighted by molar-refractivity contribution is 7.98. The van der Waals surface area contributed by atoms with Crippen molar-refractivity contribution in [3.8, 4) is 0 Å². The van der Waals surface area contributed by atoms with Crippen LogP contribution in [-0.4, -0.2) is 25.3 Å². The number of rotatable bonds is 5. The van der Waals surface area contributed by atoms with Crippen LogP contribution in [0.25, 0.3) is 0 Å². The van der Waals surface area contributed by atoms with E-state index in [1.54, 1.807) is 11.8 Å². The van der Waals surface area contributed by atoms with Gasteiger partial charge in [-0.2, -0.15) is 0 Å². The molecule has 1 aliphatic rings. The molecule has 1 heterocycles. The van der Waals surface area contributed by atoms with Gasteiger partial charge in [0, 0.05) is 5.75 Å². The number of aliphatic hydroxyl groups excluding tert-OH is 1. The molecule has 3 rings (SSSR count). The van der Waals surface area contributed by atoms with E-state index in [9.17, 15) is 0 Å². The first-order chi connectivity index (χ1) is 9.86. The average molecular weight is 290 g/mol. The molecule has 1 N–H and O–H groups in total. The Labute approximate surface area is 122 Å². The Morgan fingerprint density at radius 2 is 1.85 bits per heavy atom. The zero-order chi connectivity index (χ0) is 13.8. The van der Waals surface area contributed by atoms with E-state index in [2.05, 4.69) is 15.5 Å².